The lowest BCUT2D eigenvalue weighted by atomic mass is 10.0. The maximum absolute atomic E-state index is 5.77. The van der Waals surface area contributed by atoms with Crippen LogP contribution in [0.2, 0.25) is 0 Å². The number of benzene rings is 2. The van der Waals surface area contributed by atoms with Crippen molar-refractivity contribution in [3.8, 4) is 11.1 Å². The van der Waals surface area contributed by atoms with E-state index in [1.54, 1.807) is 13.2 Å². The SMILES string of the molecule is C=CCC(/C=C\C)=C/N.CC.CC.CCN.CNCN.Cc1cc(-c2ccccc2)ccc1N. The van der Waals surface area contributed by atoms with Crippen LogP contribution in [0.5, 0.6) is 0 Å². The van der Waals surface area contributed by atoms with Gasteiger partial charge in [0.05, 0.1) is 0 Å². The van der Waals surface area contributed by atoms with Crippen molar-refractivity contribution >= 4 is 5.69 Å². The van der Waals surface area contributed by atoms with E-state index in [0.717, 1.165) is 29.8 Å². The number of anilines is 1. The Hall–Kier alpha value is -2.86. The first kappa shape index (κ1) is 38.4. The van der Waals surface area contributed by atoms with Crippen LogP contribution >= 0.6 is 0 Å². The Balaban J connectivity index is -0.000000195. The van der Waals surface area contributed by atoms with Gasteiger partial charge in [0.1, 0.15) is 0 Å². The van der Waals surface area contributed by atoms with Gasteiger partial charge in [-0.3, -0.25) is 0 Å². The molecule has 0 atom stereocenters. The van der Waals surface area contributed by atoms with Gasteiger partial charge in [0, 0.05) is 12.4 Å². The number of nitrogens with two attached hydrogens (primary N) is 4. The van der Waals surface area contributed by atoms with Crippen LogP contribution in [0, 0.1) is 6.92 Å². The van der Waals surface area contributed by atoms with Crippen molar-refractivity contribution in [2.24, 2.45) is 17.2 Å². The smallest absolute Gasteiger partial charge is 0.0426 e. The molecule has 0 heterocycles. The summed E-state index contributed by atoms with van der Waals surface area (Å²) in [5.41, 5.74) is 26.4. The summed E-state index contributed by atoms with van der Waals surface area (Å²) in [5.74, 6) is 0. The van der Waals surface area contributed by atoms with E-state index in [9.17, 15) is 0 Å². The average Bonchev–Trinajstić information content (AvgIpc) is 2.89. The van der Waals surface area contributed by atoms with Crippen LogP contribution in [0.1, 0.15) is 53.5 Å². The van der Waals surface area contributed by atoms with Gasteiger partial charge >= 0.3 is 0 Å². The zero-order chi connectivity index (χ0) is 27.2. The Labute approximate surface area is 211 Å². The van der Waals surface area contributed by atoms with E-state index < -0.39 is 0 Å². The third-order valence-electron chi connectivity index (χ3n) is 3.56. The molecule has 34 heavy (non-hydrogen) atoms. The number of rotatable bonds is 5. The lowest BCUT2D eigenvalue weighted by Crippen LogP contribution is -2.15. The summed E-state index contributed by atoms with van der Waals surface area (Å²) in [7, 11) is 1.81. The molecule has 0 saturated carbocycles. The first-order chi connectivity index (χ1) is 16.4. The molecule has 2 rings (SSSR count). The van der Waals surface area contributed by atoms with E-state index in [4.69, 9.17) is 22.9 Å². The number of nitrogen functional groups attached to an aromatic ring is 1. The molecule has 2 aromatic rings. The topological polar surface area (TPSA) is 116 Å². The van der Waals surface area contributed by atoms with Crippen LogP contribution in [0.4, 0.5) is 5.69 Å². The summed E-state index contributed by atoms with van der Waals surface area (Å²) < 4.78 is 0. The van der Waals surface area contributed by atoms with Crippen molar-refractivity contribution in [1.82, 2.24) is 5.32 Å². The maximum Gasteiger partial charge on any atom is 0.0426 e. The minimum Gasteiger partial charge on any atom is -0.404 e. The maximum atomic E-state index is 5.77. The molecule has 0 aliphatic rings. The quantitative estimate of drug-likeness (QED) is 0.150. The van der Waals surface area contributed by atoms with E-state index in [-0.39, 0.29) is 0 Å². The highest BCUT2D eigenvalue weighted by molar-refractivity contribution is 5.67. The van der Waals surface area contributed by atoms with Crippen LogP contribution in [0.25, 0.3) is 11.1 Å². The van der Waals surface area contributed by atoms with Gasteiger partial charge in [0.15, 0.2) is 0 Å². The van der Waals surface area contributed by atoms with Crippen molar-refractivity contribution < 1.29 is 0 Å². The largest absolute Gasteiger partial charge is 0.404 e. The molecule has 5 heteroatoms. The Morgan fingerprint density at radius 2 is 1.47 bits per heavy atom. The van der Waals surface area contributed by atoms with Crippen LogP contribution in [-0.2, 0) is 0 Å². The van der Waals surface area contributed by atoms with Gasteiger partial charge in [-0.1, -0.05) is 89.2 Å². The minimum absolute atomic E-state index is 0.569. The molecule has 0 saturated heterocycles. The summed E-state index contributed by atoms with van der Waals surface area (Å²) in [6.45, 7) is 18.8. The minimum atomic E-state index is 0.569. The molecule has 194 valence electrons. The molecule has 0 fully saturated rings. The molecule has 5 nitrogen and oxygen atoms in total. The average molecular weight is 472 g/mol. The fourth-order valence-electron chi connectivity index (χ4n) is 2.06. The highest BCUT2D eigenvalue weighted by atomic mass is 14.9. The van der Waals surface area contributed by atoms with Gasteiger partial charge in [-0.05, 0) is 74.5 Å². The van der Waals surface area contributed by atoms with Gasteiger partial charge in [-0.2, -0.15) is 0 Å². The summed E-state index contributed by atoms with van der Waals surface area (Å²) in [6.07, 6.45) is 8.21. The highest BCUT2D eigenvalue weighted by Crippen LogP contribution is 2.22. The lowest BCUT2D eigenvalue weighted by molar-refractivity contribution is 0.833. The van der Waals surface area contributed by atoms with Crippen molar-refractivity contribution in [1.29, 1.82) is 0 Å². The highest BCUT2D eigenvalue weighted by Gasteiger charge is 1.98. The predicted octanol–water partition coefficient (Wildman–Crippen LogP) is 6.36. The summed E-state index contributed by atoms with van der Waals surface area (Å²) in [6, 6.07) is 16.4. The van der Waals surface area contributed by atoms with E-state index in [2.05, 4.69) is 36.2 Å². The Morgan fingerprint density at radius 1 is 0.971 bits per heavy atom. The molecule has 0 aliphatic heterocycles. The van der Waals surface area contributed by atoms with Crippen LogP contribution in [-0.4, -0.2) is 20.3 Å². The Bertz CT molecular complexity index is 721. The van der Waals surface area contributed by atoms with E-state index >= 15 is 0 Å². The van der Waals surface area contributed by atoms with E-state index in [1.807, 2.05) is 91.0 Å². The molecule has 9 N–H and O–H groups in total. The zero-order valence-corrected chi connectivity index (χ0v) is 23.1. The van der Waals surface area contributed by atoms with Gasteiger partial charge in [0.25, 0.3) is 0 Å². The molecule has 0 bridgehead atoms. The Kier molecular flexibility index (Phi) is 36.5. The number of aryl methyl sites for hydroxylation is 1. The molecule has 0 aliphatic carbocycles. The molecule has 2 aromatic carbocycles. The predicted molar refractivity (Wildman–Crippen MR) is 158 cm³/mol. The summed E-state index contributed by atoms with van der Waals surface area (Å²) in [5, 5.41) is 2.71. The number of hydrogen-bond acceptors (Lipinski definition) is 5. The summed E-state index contributed by atoms with van der Waals surface area (Å²) in [4.78, 5) is 0. The van der Waals surface area contributed by atoms with Gasteiger partial charge < -0.3 is 28.3 Å². The number of hydrogen-bond donors (Lipinski definition) is 5. The Morgan fingerprint density at radius 3 is 1.82 bits per heavy atom. The van der Waals surface area contributed by atoms with Crippen molar-refractivity contribution in [2.45, 2.75) is 54.9 Å². The van der Waals surface area contributed by atoms with Crippen LogP contribution in [0.15, 0.2) is 85.1 Å². The van der Waals surface area contributed by atoms with Crippen LogP contribution < -0.4 is 28.3 Å². The first-order valence-corrected chi connectivity index (χ1v) is 12.1. The van der Waals surface area contributed by atoms with Crippen molar-refractivity contribution in [2.75, 3.05) is 26.0 Å². The fraction of sp³-hybridized carbons (Fsp3) is 0.379. The second-order valence-corrected chi connectivity index (χ2v) is 6.14. The standard InChI is InChI=1S/C13H13N.C8H13N.C2H8N2.C2H7N.2C2H6/c1-10-9-12(7-8-13(10)14)11-5-3-2-4-6-11;1-3-5-8(7-9)6-4-2;1-4-2-3;1-2-3;2*1-2/h2-9H,14H2,1H3;3-4,6-7H,1,5,9H2,2H3;4H,2-3H2,1H3;2-3H2,1H3;2*1-2H3/b;6-4-,8-7-;;;;. The molecule has 0 spiro atoms. The molecule has 0 unspecified atom stereocenters. The second-order valence-electron chi connectivity index (χ2n) is 6.14. The molecular weight excluding hydrogens is 418 g/mol. The lowest BCUT2D eigenvalue weighted by Gasteiger charge is -2.04. The fourth-order valence-corrected chi connectivity index (χ4v) is 2.06. The number of nitrogens with one attached hydrogen (secondary N) is 1. The van der Waals surface area contributed by atoms with Gasteiger partial charge in [0.2, 0.25) is 0 Å². The first-order valence-electron chi connectivity index (χ1n) is 12.1. The zero-order valence-electron chi connectivity index (χ0n) is 23.1. The third kappa shape index (κ3) is 23.8. The van der Waals surface area contributed by atoms with E-state index in [1.165, 1.54) is 11.1 Å². The monoisotopic (exact) mass is 471 g/mol. The number of allylic oxidation sites excluding steroid dienone is 4. The second kappa shape index (κ2) is 32.3. The third-order valence-corrected chi connectivity index (χ3v) is 3.56. The van der Waals surface area contributed by atoms with Gasteiger partial charge in [-0.15, -0.1) is 6.58 Å². The molecule has 0 amide bonds. The normalized spacial score (nSPS) is 9.18. The van der Waals surface area contributed by atoms with Crippen LogP contribution in [0.3, 0.4) is 0 Å². The molecule has 0 aromatic heterocycles. The van der Waals surface area contributed by atoms with Gasteiger partial charge in [-0.25, -0.2) is 0 Å². The van der Waals surface area contributed by atoms with Crippen molar-refractivity contribution in [3.05, 3.63) is 90.7 Å². The van der Waals surface area contributed by atoms with Crippen molar-refractivity contribution in [3.63, 3.8) is 0 Å². The molecular formula is C29H53N5. The summed E-state index contributed by atoms with van der Waals surface area (Å²) >= 11 is 0. The molecule has 0 radical (unpaired) electrons. The van der Waals surface area contributed by atoms with E-state index in [0.29, 0.717) is 6.67 Å².